The van der Waals surface area contributed by atoms with Gasteiger partial charge in [0.1, 0.15) is 0 Å². The first-order valence-electron chi connectivity index (χ1n) is 11.8. The number of halogens is 1. The van der Waals surface area contributed by atoms with Crippen LogP contribution in [0.25, 0.3) is 0 Å². The first kappa shape index (κ1) is 25.5. The van der Waals surface area contributed by atoms with Crippen LogP contribution in [-0.2, 0) is 31.0 Å². The van der Waals surface area contributed by atoms with Crippen molar-refractivity contribution in [2.45, 2.75) is 51.9 Å². The highest BCUT2D eigenvalue weighted by Gasteiger charge is 2.22. The van der Waals surface area contributed by atoms with E-state index in [4.69, 9.17) is 0 Å². The Balaban J connectivity index is 0.00000306. The number of rotatable bonds is 8. The quantitative estimate of drug-likeness (QED) is 0.222. The molecule has 1 amide bonds. The number of fused-ring (bicyclic) bond motifs is 1. The van der Waals surface area contributed by atoms with Crippen molar-refractivity contribution in [3.63, 3.8) is 0 Å². The van der Waals surface area contributed by atoms with Gasteiger partial charge in [0.15, 0.2) is 5.96 Å². The lowest BCUT2D eigenvalue weighted by molar-refractivity contribution is -0.131. The molecule has 178 valence electrons. The zero-order valence-electron chi connectivity index (χ0n) is 19.6. The standard InChI is InChI=1S/C26H35N5O.HI/c1-27-26(29-17-21-10-12-22(13-11-21)18-30-15-4-5-16-30)28-14-6-9-25(32)31-19-23-7-2-3-8-24(23)20-31;/h2-3,7-8,10-13H,4-6,9,14-20H2,1H3,(H2,27,28,29);1H. The highest BCUT2D eigenvalue weighted by Crippen LogP contribution is 2.22. The van der Waals surface area contributed by atoms with E-state index in [-0.39, 0.29) is 29.9 Å². The fourth-order valence-corrected chi connectivity index (χ4v) is 4.48. The van der Waals surface area contributed by atoms with Crippen molar-refractivity contribution < 1.29 is 4.79 Å². The van der Waals surface area contributed by atoms with E-state index in [1.165, 1.54) is 48.2 Å². The Bertz CT molecular complexity index is 900. The van der Waals surface area contributed by atoms with Gasteiger partial charge in [-0.2, -0.15) is 0 Å². The number of guanidine groups is 1. The van der Waals surface area contributed by atoms with Crippen molar-refractivity contribution in [1.82, 2.24) is 20.4 Å². The molecule has 2 aromatic carbocycles. The molecule has 33 heavy (non-hydrogen) atoms. The minimum absolute atomic E-state index is 0. The maximum atomic E-state index is 12.5. The Kier molecular flexibility index (Phi) is 9.99. The lowest BCUT2D eigenvalue weighted by atomic mass is 10.1. The maximum Gasteiger partial charge on any atom is 0.223 e. The van der Waals surface area contributed by atoms with Crippen LogP contribution in [0.2, 0.25) is 0 Å². The van der Waals surface area contributed by atoms with E-state index in [1.54, 1.807) is 7.05 Å². The van der Waals surface area contributed by atoms with Gasteiger partial charge in [-0.05, 0) is 54.6 Å². The first-order valence-corrected chi connectivity index (χ1v) is 11.8. The summed E-state index contributed by atoms with van der Waals surface area (Å²) in [5.41, 5.74) is 5.16. The Morgan fingerprint density at radius 2 is 1.58 bits per heavy atom. The molecule has 0 aliphatic carbocycles. The summed E-state index contributed by atoms with van der Waals surface area (Å²) in [6.07, 6.45) is 4.00. The molecule has 0 aromatic heterocycles. The normalized spacial score (nSPS) is 15.8. The van der Waals surface area contributed by atoms with Crippen molar-refractivity contribution >= 4 is 35.8 Å². The topological polar surface area (TPSA) is 60.0 Å². The molecule has 2 heterocycles. The Hall–Kier alpha value is -2.13. The largest absolute Gasteiger partial charge is 0.356 e. The van der Waals surface area contributed by atoms with Crippen molar-refractivity contribution in [3.8, 4) is 0 Å². The number of benzene rings is 2. The summed E-state index contributed by atoms with van der Waals surface area (Å²) in [4.78, 5) is 21.3. The van der Waals surface area contributed by atoms with Gasteiger partial charge < -0.3 is 15.5 Å². The molecule has 6 nitrogen and oxygen atoms in total. The van der Waals surface area contributed by atoms with Gasteiger partial charge in [0.2, 0.25) is 5.91 Å². The van der Waals surface area contributed by atoms with E-state index >= 15 is 0 Å². The maximum absolute atomic E-state index is 12.5. The summed E-state index contributed by atoms with van der Waals surface area (Å²) in [6.45, 7) is 6.44. The average molecular weight is 562 g/mol. The van der Waals surface area contributed by atoms with Gasteiger partial charge in [0.25, 0.3) is 0 Å². The van der Waals surface area contributed by atoms with Crippen LogP contribution in [0.5, 0.6) is 0 Å². The third-order valence-corrected chi connectivity index (χ3v) is 6.36. The van der Waals surface area contributed by atoms with Crippen LogP contribution in [-0.4, -0.2) is 48.3 Å². The van der Waals surface area contributed by atoms with E-state index in [0.29, 0.717) is 6.42 Å². The molecule has 4 rings (SSSR count). The van der Waals surface area contributed by atoms with Crippen LogP contribution < -0.4 is 10.6 Å². The third-order valence-electron chi connectivity index (χ3n) is 6.36. The molecule has 2 aromatic rings. The Morgan fingerprint density at radius 1 is 0.939 bits per heavy atom. The molecule has 0 atom stereocenters. The first-order chi connectivity index (χ1) is 15.7. The molecule has 0 saturated carbocycles. The number of amides is 1. The predicted octanol–water partition coefficient (Wildman–Crippen LogP) is 3.89. The van der Waals surface area contributed by atoms with Crippen LogP contribution in [0.15, 0.2) is 53.5 Å². The molecular formula is C26H36IN5O. The average Bonchev–Trinajstić information content (AvgIpc) is 3.49. The number of aliphatic imine (C=N–C) groups is 1. The fraction of sp³-hybridized carbons (Fsp3) is 0.462. The number of carbonyl (C=O) groups is 1. The molecule has 2 aliphatic rings. The highest BCUT2D eigenvalue weighted by atomic mass is 127. The number of nitrogens with one attached hydrogen (secondary N) is 2. The van der Waals surface area contributed by atoms with Crippen molar-refractivity contribution in [2.24, 2.45) is 4.99 Å². The summed E-state index contributed by atoms with van der Waals surface area (Å²) in [6, 6.07) is 17.1. The van der Waals surface area contributed by atoms with Crippen molar-refractivity contribution in [2.75, 3.05) is 26.7 Å². The fourth-order valence-electron chi connectivity index (χ4n) is 4.48. The molecule has 7 heteroatoms. The summed E-state index contributed by atoms with van der Waals surface area (Å²) in [5.74, 6) is 0.993. The van der Waals surface area contributed by atoms with Crippen LogP contribution in [0.1, 0.15) is 47.9 Å². The molecule has 0 bridgehead atoms. The monoisotopic (exact) mass is 561 g/mol. The third kappa shape index (κ3) is 7.43. The summed E-state index contributed by atoms with van der Waals surface area (Å²) < 4.78 is 0. The zero-order valence-corrected chi connectivity index (χ0v) is 21.9. The van der Waals surface area contributed by atoms with E-state index < -0.39 is 0 Å². The van der Waals surface area contributed by atoms with Gasteiger partial charge >= 0.3 is 0 Å². The summed E-state index contributed by atoms with van der Waals surface area (Å²) in [7, 11) is 1.78. The minimum Gasteiger partial charge on any atom is -0.356 e. The smallest absolute Gasteiger partial charge is 0.223 e. The van der Waals surface area contributed by atoms with Gasteiger partial charge in [-0.1, -0.05) is 48.5 Å². The number of likely N-dealkylation sites (tertiary alicyclic amines) is 1. The molecular weight excluding hydrogens is 525 g/mol. The molecule has 1 fully saturated rings. The lowest BCUT2D eigenvalue weighted by Crippen LogP contribution is -2.37. The summed E-state index contributed by atoms with van der Waals surface area (Å²) in [5, 5.41) is 6.69. The Labute approximate surface area is 214 Å². The minimum atomic E-state index is 0. The number of carbonyl (C=O) groups excluding carboxylic acids is 1. The molecule has 1 saturated heterocycles. The van der Waals surface area contributed by atoms with E-state index in [2.05, 4.69) is 56.9 Å². The van der Waals surface area contributed by atoms with Gasteiger partial charge in [-0.25, -0.2) is 0 Å². The van der Waals surface area contributed by atoms with Crippen molar-refractivity contribution in [3.05, 3.63) is 70.8 Å². The van der Waals surface area contributed by atoms with Gasteiger partial charge in [-0.3, -0.25) is 14.7 Å². The second kappa shape index (κ2) is 12.9. The van der Waals surface area contributed by atoms with Gasteiger partial charge in [0, 0.05) is 46.2 Å². The van der Waals surface area contributed by atoms with Crippen molar-refractivity contribution in [1.29, 1.82) is 0 Å². The van der Waals surface area contributed by atoms with E-state index in [9.17, 15) is 4.79 Å². The van der Waals surface area contributed by atoms with Gasteiger partial charge in [0.05, 0.1) is 0 Å². The number of hydrogen-bond donors (Lipinski definition) is 2. The number of hydrogen-bond acceptors (Lipinski definition) is 3. The van der Waals surface area contributed by atoms with Gasteiger partial charge in [-0.15, -0.1) is 24.0 Å². The van der Waals surface area contributed by atoms with E-state index in [1.807, 2.05) is 17.0 Å². The molecule has 2 aliphatic heterocycles. The highest BCUT2D eigenvalue weighted by molar-refractivity contribution is 14.0. The SMILES string of the molecule is CN=C(NCCCC(=O)N1Cc2ccccc2C1)NCc1ccc(CN2CCCC2)cc1.I. The number of nitrogens with zero attached hydrogens (tertiary/aromatic N) is 3. The van der Waals surface area contributed by atoms with E-state index in [0.717, 1.165) is 45.1 Å². The van der Waals surface area contributed by atoms with Crippen LogP contribution in [0, 0.1) is 0 Å². The predicted molar refractivity (Wildman–Crippen MR) is 144 cm³/mol. The Morgan fingerprint density at radius 3 is 2.21 bits per heavy atom. The van der Waals surface area contributed by atoms with Crippen LogP contribution >= 0.6 is 24.0 Å². The lowest BCUT2D eigenvalue weighted by Gasteiger charge is -2.16. The van der Waals surface area contributed by atoms with Crippen LogP contribution in [0.4, 0.5) is 0 Å². The molecule has 0 radical (unpaired) electrons. The van der Waals surface area contributed by atoms with Crippen LogP contribution in [0.3, 0.4) is 0 Å². The molecule has 0 unspecified atom stereocenters. The molecule has 0 spiro atoms. The summed E-state index contributed by atoms with van der Waals surface area (Å²) >= 11 is 0. The second-order valence-electron chi connectivity index (χ2n) is 8.77. The zero-order chi connectivity index (χ0) is 22.2. The molecule has 2 N–H and O–H groups in total. The second-order valence-corrected chi connectivity index (χ2v) is 8.77.